The lowest BCUT2D eigenvalue weighted by atomic mass is 9.87. The monoisotopic (exact) mass is 476 g/mol. The van der Waals surface area contributed by atoms with Gasteiger partial charge in [-0.15, -0.1) is 0 Å². The number of hydrogen-bond acceptors (Lipinski definition) is 0. The number of aryl methyl sites for hydroxylation is 1. The highest BCUT2D eigenvalue weighted by atomic mass is 14.2. The second-order valence-corrected chi connectivity index (χ2v) is 9.28. The molecule has 0 N–H and O–H groups in total. The highest BCUT2D eigenvalue weighted by molar-refractivity contribution is 6.04. The summed E-state index contributed by atoms with van der Waals surface area (Å²) in [6.07, 6.45) is 24.0. The van der Waals surface area contributed by atoms with Crippen LogP contribution >= 0.6 is 0 Å². The van der Waals surface area contributed by atoms with Gasteiger partial charge in [-0.2, -0.15) is 0 Å². The van der Waals surface area contributed by atoms with Crippen molar-refractivity contribution in [2.24, 2.45) is 0 Å². The van der Waals surface area contributed by atoms with Gasteiger partial charge in [0.2, 0.25) is 0 Å². The first kappa shape index (κ1) is 24.3. The van der Waals surface area contributed by atoms with Crippen LogP contribution in [0, 0.1) is 6.92 Å². The molecule has 0 unspecified atom stereocenters. The van der Waals surface area contributed by atoms with E-state index in [1.54, 1.807) is 0 Å². The van der Waals surface area contributed by atoms with Crippen molar-refractivity contribution < 1.29 is 0 Å². The molecule has 0 heteroatoms. The fourth-order valence-corrected chi connectivity index (χ4v) is 5.16. The van der Waals surface area contributed by atoms with E-state index in [-0.39, 0.29) is 0 Å². The molecule has 1 aliphatic rings. The summed E-state index contributed by atoms with van der Waals surface area (Å²) in [5.41, 5.74) is 6.26. The SMILES string of the molecule is C/C=c1/c(C2=CC=CC=c3ccccc3=CC=CC=C2)c2ccccc2c(-c2ccc(C)cc2)/c1=C/C. The Morgan fingerprint density at radius 1 is 0.514 bits per heavy atom. The Balaban J connectivity index is 1.82. The summed E-state index contributed by atoms with van der Waals surface area (Å²) in [6, 6.07) is 26.2. The van der Waals surface area contributed by atoms with Gasteiger partial charge in [0.05, 0.1) is 0 Å². The molecule has 37 heavy (non-hydrogen) atoms. The van der Waals surface area contributed by atoms with Crippen molar-refractivity contribution in [3.8, 4) is 11.1 Å². The number of allylic oxidation sites excluding steroid dienone is 8. The van der Waals surface area contributed by atoms with Crippen LogP contribution in [0.15, 0.2) is 115 Å². The number of benzene rings is 4. The molecule has 0 atom stereocenters. The highest BCUT2D eigenvalue weighted by Crippen LogP contribution is 2.30. The van der Waals surface area contributed by atoms with E-state index >= 15 is 0 Å². The molecule has 0 fully saturated rings. The molecule has 1 aliphatic carbocycles. The van der Waals surface area contributed by atoms with Gasteiger partial charge in [0.25, 0.3) is 0 Å². The van der Waals surface area contributed by atoms with Gasteiger partial charge in [0.15, 0.2) is 0 Å². The van der Waals surface area contributed by atoms with E-state index in [9.17, 15) is 0 Å². The molecular formula is C37H32. The molecule has 0 saturated heterocycles. The average Bonchev–Trinajstić information content (AvgIpc) is 2.93. The lowest BCUT2D eigenvalue weighted by molar-refractivity contribution is 1.45. The zero-order valence-corrected chi connectivity index (χ0v) is 21.8. The lowest BCUT2D eigenvalue weighted by Gasteiger charge is -2.16. The molecule has 0 nitrogen and oxygen atoms in total. The third-order valence-corrected chi connectivity index (χ3v) is 6.93. The maximum absolute atomic E-state index is 2.26. The Labute approximate surface area is 219 Å². The first-order valence-electron chi connectivity index (χ1n) is 12.9. The van der Waals surface area contributed by atoms with Gasteiger partial charge in [-0.3, -0.25) is 0 Å². The van der Waals surface area contributed by atoms with Crippen LogP contribution in [0.5, 0.6) is 0 Å². The second kappa shape index (κ2) is 11.1. The van der Waals surface area contributed by atoms with Crippen LogP contribution in [-0.4, -0.2) is 0 Å². The minimum atomic E-state index is 1.19. The summed E-state index contributed by atoms with van der Waals surface area (Å²) in [6.45, 7) is 6.44. The molecule has 4 aromatic carbocycles. The maximum Gasteiger partial charge on any atom is -0.00298 e. The molecule has 5 rings (SSSR count). The summed E-state index contributed by atoms with van der Waals surface area (Å²) in [7, 11) is 0. The number of rotatable bonds is 2. The Hall–Kier alpha value is -4.42. The minimum absolute atomic E-state index is 1.19. The van der Waals surface area contributed by atoms with E-state index in [0.717, 1.165) is 0 Å². The van der Waals surface area contributed by atoms with Crippen molar-refractivity contribution >= 4 is 40.6 Å². The summed E-state index contributed by atoms with van der Waals surface area (Å²) in [4.78, 5) is 0. The smallest absolute Gasteiger partial charge is 0.00298 e. The van der Waals surface area contributed by atoms with Crippen LogP contribution in [0.1, 0.15) is 25.0 Å². The van der Waals surface area contributed by atoms with Gasteiger partial charge in [0.1, 0.15) is 0 Å². The minimum Gasteiger partial charge on any atom is -0.0791 e. The summed E-state index contributed by atoms with van der Waals surface area (Å²) in [5, 5.41) is 7.49. The van der Waals surface area contributed by atoms with E-state index in [4.69, 9.17) is 0 Å². The van der Waals surface area contributed by atoms with Crippen LogP contribution in [-0.2, 0) is 0 Å². The fraction of sp³-hybridized carbons (Fsp3) is 0.0811. The average molecular weight is 477 g/mol. The molecule has 0 aliphatic heterocycles. The van der Waals surface area contributed by atoms with E-state index in [1.165, 1.54) is 59.5 Å². The van der Waals surface area contributed by atoms with E-state index in [2.05, 4.69) is 160 Å². The van der Waals surface area contributed by atoms with Crippen LogP contribution in [0.25, 0.3) is 51.8 Å². The van der Waals surface area contributed by atoms with Crippen molar-refractivity contribution in [3.63, 3.8) is 0 Å². The Morgan fingerprint density at radius 3 is 1.70 bits per heavy atom. The maximum atomic E-state index is 2.26. The van der Waals surface area contributed by atoms with Gasteiger partial charge >= 0.3 is 0 Å². The molecule has 0 radical (unpaired) electrons. The molecule has 4 aromatic rings. The molecule has 0 heterocycles. The van der Waals surface area contributed by atoms with Crippen molar-refractivity contribution in [1.29, 1.82) is 0 Å². The molecule has 0 spiro atoms. The standard InChI is InChI=1S/C37H32/c1-4-32-33(5-2)37(31-25-23-27(3)24-26-31)35-22-14-13-21-34(35)36(32)30-19-8-6-7-15-28-16-9-10-17-29(28)18-11-12-20-30/h4-26H,1-3H3/b7-6?,8-6?,12-11?,15-7?,18-11?,19-8?,20-12?,28-15?,29-18?,30-19?,30-20?,32-4+,33-5+. The number of fused-ring (bicyclic) bond motifs is 2. The summed E-state index contributed by atoms with van der Waals surface area (Å²) < 4.78 is 0. The first-order valence-corrected chi connectivity index (χ1v) is 12.9. The Kier molecular flexibility index (Phi) is 7.28. The fourth-order valence-electron chi connectivity index (χ4n) is 5.16. The van der Waals surface area contributed by atoms with E-state index < -0.39 is 0 Å². The van der Waals surface area contributed by atoms with Crippen molar-refractivity contribution in [1.82, 2.24) is 0 Å². The van der Waals surface area contributed by atoms with E-state index in [1.807, 2.05) is 0 Å². The Morgan fingerprint density at radius 2 is 1.05 bits per heavy atom. The van der Waals surface area contributed by atoms with Crippen molar-refractivity contribution in [2.75, 3.05) is 0 Å². The molecule has 0 bridgehead atoms. The van der Waals surface area contributed by atoms with Gasteiger partial charge in [-0.25, -0.2) is 0 Å². The lowest BCUT2D eigenvalue weighted by Crippen LogP contribution is -2.30. The number of hydrogen-bond donors (Lipinski definition) is 0. The van der Waals surface area contributed by atoms with E-state index in [0.29, 0.717) is 0 Å². The zero-order valence-electron chi connectivity index (χ0n) is 21.8. The van der Waals surface area contributed by atoms with Crippen LogP contribution in [0.2, 0.25) is 0 Å². The van der Waals surface area contributed by atoms with Gasteiger partial charge in [0, 0.05) is 0 Å². The summed E-state index contributed by atoms with van der Waals surface area (Å²) >= 11 is 0. The zero-order chi connectivity index (χ0) is 25.6. The largest absolute Gasteiger partial charge is 0.0791 e. The molecular weight excluding hydrogens is 444 g/mol. The Bertz CT molecular complexity index is 1820. The molecule has 0 amide bonds. The summed E-state index contributed by atoms with van der Waals surface area (Å²) in [5.74, 6) is 0. The molecule has 0 saturated carbocycles. The third kappa shape index (κ3) is 4.97. The molecule has 0 aromatic heterocycles. The topological polar surface area (TPSA) is 0 Å². The second-order valence-electron chi connectivity index (χ2n) is 9.28. The van der Waals surface area contributed by atoms with Crippen molar-refractivity contribution in [2.45, 2.75) is 20.8 Å². The normalized spacial score (nSPS) is 14.4. The highest BCUT2D eigenvalue weighted by Gasteiger charge is 2.14. The van der Waals surface area contributed by atoms with Crippen LogP contribution in [0.4, 0.5) is 0 Å². The first-order chi connectivity index (χ1) is 18.2. The van der Waals surface area contributed by atoms with Crippen LogP contribution < -0.4 is 20.9 Å². The quantitative estimate of drug-likeness (QED) is 0.300. The third-order valence-electron chi connectivity index (χ3n) is 6.93. The van der Waals surface area contributed by atoms with Gasteiger partial charge in [-0.1, -0.05) is 145 Å². The predicted octanol–water partition coefficient (Wildman–Crippen LogP) is 6.74. The van der Waals surface area contributed by atoms with Gasteiger partial charge in [-0.05, 0) is 74.7 Å². The van der Waals surface area contributed by atoms with Crippen molar-refractivity contribution in [3.05, 3.63) is 147 Å². The van der Waals surface area contributed by atoms with Gasteiger partial charge < -0.3 is 0 Å². The predicted molar refractivity (Wildman–Crippen MR) is 164 cm³/mol. The molecule has 180 valence electrons. The van der Waals surface area contributed by atoms with Crippen LogP contribution in [0.3, 0.4) is 0 Å².